The van der Waals surface area contributed by atoms with Crippen LogP contribution >= 0.6 is 22.9 Å². The molecule has 0 saturated heterocycles. The van der Waals surface area contributed by atoms with Gasteiger partial charge in [0.05, 0.1) is 4.34 Å². The zero-order valence-corrected chi connectivity index (χ0v) is 10.6. The fourth-order valence-corrected chi connectivity index (χ4v) is 2.53. The van der Waals surface area contributed by atoms with E-state index in [0.717, 1.165) is 28.8 Å². The normalized spacial score (nSPS) is 10.4. The van der Waals surface area contributed by atoms with E-state index in [1.54, 1.807) is 11.3 Å². The Morgan fingerprint density at radius 1 is 1.31 bits per heavy atom. The van der Waals surface area contributed by atoms with Crippen LogP contribution < -0.4 is 5.32 Å². The molecule has 0 amide bonds. The number of hydrogen-bond acceptors (Lipinski definition) is 3. The third kappa shape index (κ3) is 3.22. The van der Waals surface area contributed by atoms with Crippen LogP contribution in [0.5, 0.6) is 0 Å². The lowest BCUT2D eigenvalue weighted by Gasteiger charge is -2.04. The summed E-state index contributed by atoms with van der Waals surface area (Å²) in [6.07, 6.45) is 0.979. The molecule has 2 aromatic rings. The number of aryl methyl sites for hydroxylation is 1. The average Bonchev–Trinajstić information content (AvgIpc) is 2.64. The van der Waals surface area contributed by atoms with Gasteiger partial charge in [-0.05, 0) is 37.6 Å². The minimum absolute atomic E-state index is 0.851. The van der Waals surface area contributed by atoms with Crippen molar-refractivity contribution in [2.45, 2.75) is 13.3 Å². The maximum Gasteiger partial charge on any atom is 0.126 e. The van der Waals surface area contributed by atoms with Crippen LogP contribution in [0.4, 0.5) is 5.82 Å². The summed E-state index contributed by atoms with van der Waals surface area (Å²) < 4.78 is 0.851. The summed E-state index contributed by atoms with van der Waals surface area (Å²) in [5.74, 6) is 0.933. The molecule has 0 atom stereocenters. The number of thiophene rings is 1. The zero-order valence-electron chi connectivity index (χ0n) is 9.03. The molecule has 0 aromatic carbocycles. The average molecular weight is 253 g/mol. The van der Waals surface area contributed by atoms with Crippen molar-refractivity contribution in [1.82, 2.24) is 4.98 Å². The summed E-state index contributed by atoms with van der Waals surface area (Å²) in [6.45, 7) is 2.87. The van der Waals surface area contributed by atoms with Crippen LogP contribution in [0.25, 0.3) is 0 Å². The molecule has 0 saturated carbocycles. The molecule has 0 fully saturated rings. The van der Waals surface area contributed by atoms with Crippen LogP contribution in [0, 0.1) is 6.92 Å². The van der Waals surface area contributed by atoms with Gasteiger partial charge in [0.25, 0.3) is 0 Å². The second-order valence-electron chi connectivity index (χ2n) is 3.55. The lowest BCUT2D eigenvalue weighted by molar-refractivity contribution is 1.02. The molecular weight excluding hydrogens is 240 g/mol. The van der Waals surface area contributed by atoms with Gasteiger partial charge >= 0.3 is 0 Å². The van der Waals surface area contributed by atoms with Crippen LogP contribution in [0.3, 0.4) is 0 Å². The third-order valence-electron chi connectivity index (χ3n) is 2.19. The highest BCUT2D eigenvalue weighted by molar-refractivity contribution is 7.16. The fraction of sp³-hybridized carbons (Fsp3) is 0.250. The van der Waals surface area contributed by atoms with Gasteiger partial charge in [0.15, 0.2) is 0 Å². The molecule has 0 aliphatic rings. The molecule has 1 N–H and O–H groups in total. The Balaban J connectivity index is 1.84. The topological polar surface area (TPSA) is 24.9 Å². The van der Waals surface area contributed by atoms with E-state index in [-0.39, 0.29) is 0 Å². The van der Waals surface area contributed by atoms with Crippen molar-refractivity contribution in [2.24, 2.45) is 0 Å². The Labute approximate surface area is 104 Å². The third-order valence-corrected chi connectivity index (χ3v) is 3.49. The van der Waals surface area contributed by atoms with Crippen molar-refractivity contribution in [3.05, 3.63) is 45.2 Å². The molecule has 0 radical (unpaired) electrons. The Morgan fingerprint density at radius 2 is 2.19 bits per heavy atom. The van der Waals surface area contributed by atoms with Gasteiger partial charge in [0, 0.05) is 17.1 Å². The monoisotopic (exact) mass is 252 g/mol. The molecule has 0 aliphatic carbocycles. The van der Waals surface area contributed by atoms with E-state index in [9.17, 15) is 0 Å². The van der Waals surface area contributed by atoms with E-state index in [2.05, 4.69) is 16.4 Å². The first-order chi connectivity index (χ1) is 7.74. The summed E-state index contributed by atoms with van der Waals surface area (Å²) in [5.41, 5.74) is 1.03. The van der Waals surface area contributed by atoms with E-state index < -0.39 is 0 Å². The van der Waals surface area contributed by atoms with Crippen molar-refractivity contribution >= 4 is 28.8 Å². The first kappa shape index (κ1) is 11.4. The van der Waals surface area contributed by atoms with Gasteiger partial charge in [-0.25, -0.2) is 4.98 Å². The highest BCUT2D eigenvalue weighted by atomic mass is 35.5. The molecular formula is C12H13ClN2S. The smallest absolute Gasteiger partial charge is 0.126 e. The summed E-state index contributed by atoms with van der Waals surface area (Å²) in [6, 6.07) is 9.98. The number of nitrogens with zero attached hydrogens (tertiary/aromatic N) is 1. The largest absolute Gasteiger partial charge is 0.370 e. The van der Waals surface area contributed by atoms with Crippen LogP contribution in [0.2, 0.25) is 4.34 Å². The lowest BCUT2D eigenvalue weighted by Crippen LogP contribution is -2.05. The SMILES string of the molecule is Cc1cccc(NCCc2ccc(Cl)s2)n1. The summed E-state index contributed by atoms with van der Waals surface area (Å²) in [4.78, 5) is 5.67. The number of pyridine rings is 1. The van der Waals surface area contributed by atoms with Gasteiger partial charge in [-0.1, -0.05) is 17.7 Å². The summed E-state index contributed by atoms with van der Waals surface area (Å²) in [5, 5.41) is 3.30. The van der Waals surface area contributed by atoms with E-state index in [1.165, 1.54) is 4.88 Å². The second kappa shape index (κ2) is 5.32. The molecule has 4 heteroatoms. The first-order valence-corrected chi connectivity index (χ1v) is 6.35. The quantitative estimate of drug-likeness (QED) is 0.896. The van der Waals surface area contributed by atoms with Crippen molar-refractivity contribution in [2.75, 3.05) is 11.9 Å². The fourth-order valence-electron chi connectivity index (χ4n) is 1.44. The molecule has 0 spiro atoms. The molecule has 16 heavy (non-hydrogen) atoms. The summed E-state index contributed by atoms with van der Waals surface area (Å²) >= 11 is 7.49. The molecule has 0 unspecified atom stereocenters. The number of halogens is 1. The van der Waals surface area contributed by atoms with E-state index >= 15 is 0 Å². The van der Waals surface area contributed by atoms with E-state index in [0.29, 0.717) is 0 Å². The Hall–Kier alpha value is -1.06. The highest BCUT2D eigenvalue weighted by Crippen LogP contribution is 2.21. The van der Waals surface area contributed by atoms with Gasteiger partial charge in [0.2, 0.25) is 0 Å². The minimum atomic E-state index is 0.851. The van der Waals surface area contributed by atoms with Gasteiger partial charge in [0.1, 0.15) is 5.82 Å². The number of aromatic nitrogens is 1. The molecule has 0 aliphatic heterocycles. The van der Waals surface area contributed by atoms with Crippen molar-refractivity contribution in [3.8, 4) is 0 Å². The highest BCUT2D eigenvalue weighted by Gasteiger charge is 1.98. The maximum absolute atomic E-state index is 5.86. The second-order valence-corrected chi connectivity index (χ2v) is 5.35. The van der Waals surface area contributed by atoms with Crippen molar-refractivity contribution in [3.63, 3.8) is 0 Å². The molecule has 2 rings (SSSR count). The first-order valence-electron chi connectivity index (χ1n) is 5.16. The molecule has 2 heterocycles. The predicted molar refractivity (Wildman–Crippen MR) is 70.5 cm³/mol. The Morgan fingerprint density at radius 3 is 2.88 bits per heavy atom. The molecule has 2 nitrogen and oxygen atoms in total. The van der Waals surface area contributed by atoms with Gasteiger partial charge in [-0.3, -0.25) is 0 Å². The minimum Gasteiger partial charge on any atom is -0.370 e. The Kier molecular flexibility index (Phi) is 3.80. The molecule has 84 valence electrons. The van der Waals surface area contributed by atoms with E-state index in [4.69, 9.17) is 11.6 Å². The van der Waals surface area contributed by atoms with Gasteiger partial charge in [-0.15, -0.1) is 11.3 Å². The van der Waals surface area contributed by atoms with Gasteiger partial charge in [-0.2, -0.15) is 0 Å². The standard InChI is InChI=1S/C12H13ClN2S/c1-9-3-2-4-12(15-9)14-8-7-10-5-6-11(13)16-10/h2-6H,7-8H2,1H3,(H,14,15). The predicted octanol–water partition coefficient (Wildman–Crippen LogP) is 3.76. The zero-order chi connectivity index (χ0) is 11.4. The maximum atomic E-state index is 5.86. The van der Waals surface area contributed by atoms with Crippen molar-refractivity contribution < 1.29 is 0 Å². The lowest BCUT2D eigenvalue weighted by atomic mass is 10.3. The van der Waals surface area contributed by atoms with Crippen LogP contribution in [-0.4, -0.2) is 11.5 Å². The van der Waals surface area contributed by atoms with Crippen LogP contribution in [0.15, 0.2) is 30.3 Å². The van der Waals surface area contributed by atoms with Gasteiger partial charge < -0.3 is 5.32 Å². The summed E-state index contributed by atoms with van der Waals surface area (Å²) in [7, 11) is 0. The van der Waals surface area contributed by atoms with Crippen LogP contribution in [-0.2, 0) is 6.42 Å². The number of anilines is 1. The number of hydrogen-bond donors (Lipinski definition) is 1. The Bertz CT molecular complexity index is 468. The van der Waals surface area contributed by atoms with Crippen molar-refractivity contribution in [1.29, 1.82) is 0 Å². The molecule has 2 aromatic heterocycles. The number of nitrogens with one attached hydrogen (secondary N) is 1. The van der Waals surface area contributed by atoms with E-state index in [1.807, 2.05) is 31.2 Å². The molecule has 0 bridgehead atoms. The van der Waals surface area contributed by atoms with Crippen LogP contribution in [0.1, 0.15) is 10.6 Å². The number of rotatable bonds is 4.